The fourth-order valence-electron chi connectivity index (χ4n) is 2.16. The molecule has 0 aromatic heterocycles. The van der Waals surface area contributed by atoms with E-state index >= 15 is 0 Å². The van der Waals surface area contributed by atoms with Gasteiger partial charge >= 0.3 is 0 Å². The van der Waals surface area contributed by atoms with Gasteiger partial charge in [-0.05, 0) is 32.2 Å². The first-order valence-corrected chi connectivity index (χ1v) is 6.61. The van der Waals surface area contributed by atoms with E-state index in [4.69, 9.17) is 0 Å². The number of nitrogens with zero attached hydrogens (tertiary/aromatic N) is 1. The van der Waals surface area contributed by atoms with Gasteiger partial charge in [0.15, 0.2) is 0 Å². The first kappa shape index (κ1) is 13.0. The summed E-state index contributed by atoms with van der Waals surface area (Å²) in [5.41, 5.74) is 0. The predicted octanol–water partition coefficient (Wildman–Crippen LogP) is 2.49. The maximum atomic E-state index is 3.53. The van der Waals surface area contributed by atoms with Gasteiger partial charge in [-0.1, -0.05) is 27.2 Å². The van der Waals surface area contributed by atoms with Crippen LogP contribution in [0.15, 0.2) is 0 Å². The standard InChI is InChI=1S/C13H28N2/c1-5-15(10-13-7-6-8-13)12(4)9-14-11(2)3/h11-14H,5-10H2,1-4H3. The Morgan fingerprint density at radius 1 is 1.27 bits per heavy atom. The molecule has 1 aliphatic carbocycles. The van der Waals surface area contributed by atoms with Gasteiger partial charge in [0.2, 0.25) is 0 Å². The summed E-state index contributed by atoms with van der Waals surface area (Å²) in [6.07, 6.45) is 4.38. The van der Waals surface area contributed by atoms with E-state index in [0.717, 1.165) is 12.5 Å². The van der Waals surface area contributed by atoms with Crippen molar-refractivity contribution in [2.24, 2.45) is 5.92 Å². The van der Waals surface area contributed by atoms with Crippen LogP contribution in [-0.2, 0) is 0 Å². The first-order valence-electron chi connectivity index (χ1n) is 6.61. The van der Waals surface area contributed by atoms with E-state index in [-0.39, 0.29) is 0 Å². The van der Waals surface area contributed by atoms with Gasteiger partial charge in [-0.3, -0.25) is 4.90 Å². The Balaban J connectivity index is 2.22. The topological polar surface area (TPSA) is 15.3 Å². The van der Waals surface area contributed by atoms with Gasteiger partial charge in [-0.2, -0.15) is 0 Å². The molecule has 0 bridgehead atoms. The average Bonchev–Trinajstić information content (AvgIpc) is 2.13. The van der Waals surface area contributed by atoms with Crippen molar-refractivity contribution in [3.63, 3.8) is 0 Å². The van der Waals surface area contributed by atoms with Crippen molar-refractivity contribution in [3.8, 4) is 0 Å². The van der Waals surface area contributed by atoms with Crippen LogP contribution in [0, 0.1) is 5.92 Å². The Kier molecular flexibility index (Phi) is 5.62. The summed E-state index contributed by atoms with van der Waals surface area (Å²) < 4.78 is 0. The lowest BCUT2D eigenvalue weighted by molar-refractivity contribution is 0.143. The van der Waals surface area contributed by atoms with Gasteiger partial charge in [0, 0.05) is 25.2 Å². The molecule has 0 amide bonds. The summed E-state index contributed by atoms with van der Waals surface area (Å²) in [5, 5.41) is 3.53. The van der Waals surface area contributed by atoms with E-state index in [0.29, 0.717) is 12.1 Å². The fraction of sp³-hybridized carbons (Fsp3) is 1.00. The molecule has 1 N–H and O–H groups in total. The largest absolute Gasteiger partial charge is 0.313 e. The molecular formula is C13H28N2. The Morgan fingerprint density at radius 3 is 2.33 bits per heavy atom. The smallest absolute Gasteiger partial charge is 0.0192 e. The van der Waals surface area contributed by atoms with Crippen molar-refractivity contribution < 1.29 is 0 Å². The number of likely N-dealkylation sites (N-methyl/N-ethyl adjacent to an activating group) is 1. The van der Waals surface area contributed by atoms with Gasteiger partial charge < -0.3 is 5.32 Å². The second-order valence-electron chi connectivity index (χ2n) is 5.30. The molecule has 1 saturated carbocycles. The maximum absolute atomic E-state index is 3.53. The first-order chi connectivity index (χ1) is 7.13. The highest BCUT2D eigenvalue weighted by Crippen LogP contribution is 2.27. The highest BCUT2D eigenvalue weighted by atomic mass is 15.2. The van der Waals surface area contributed by atoms with Crippen molar-refractivity contribution in [1.29, 1.82) is 0 Å². The summed E-state index contributed by atoms with van der Waals surface area (Å²) in [4.78, 5) is 2.62. The zero-order valence-electron chi connectivity index (χ0n) is 10.9. The van der Waals surface area contributed by atoms with E-state index in [1.54, 1.807) is 0 Å². The lowest BCUT2D eigenvalue weighted by atomic mass is 9.85. The lowest BCUT2D eigenvalue weighted by Crippen LogP contribution is -2.45. The van der Waals surface area contributed by atoms with Crippen molar-refractivity contribution in [3.05, 3.63) is 0 Å². The molecule has 1 aliphatic rings. The highest BCUT2D eigenvalue weighted by Gasteiger charge is 2.22. The summed E-state index contributed by atoms with van der Waals surface area (Å²) in [5.74, 6) is 0.992. The Morgan fingerprint density at radius 2 is 1.93 bits per heavy atom. The third-order valence-electron chi connectivity index (χ3n) is 3.57. The Bertz CT molecular complexity index is 164. The monoisotopic (exact) mass is 212 g/mol. The number of rotatable bonds is 7. The molecule has 0 radical (unpaired) electrons. The van der Waals surface area contributed by atoms with E-state index < -0.39 is 0 Å². The molecule has 15 heavy (non-hydrogen) atoms. The minimum atomic E-state index is 0.606. The Hall–Kier alpha value is -0.0800. The SMILES string of the molecule is CCN(CC1CCC1)C(C)CNC(C)C. The number of hydrogen-bond donors (Lipinski definition) is 1. The lowest BCUT2D eigenvalue weighted by Gasteiger charge is -2.35. The summed E-state index contributed by atoms with van der Waals surface area (Å²) in [6.45, 7) is 12.7. The van der Waals surface area contributed by atoms with Crippen LogP contribution >= 0.6 is 0 Å². The fourth-order valence-corrected chi connectivity index (χ4v) is 2.16. The van der Waals surface area contributed by atoms with Gasteiger partial charge in [0.25, 0.3) is 0 Å². The van der Waals surface area contributed by atoms with Gasteiger partial charge in [-0.25, -0.2) is 0 Å². The second-order valence-corrected chi connectivity index (χ2v) is 5.30. The molecule has 2 heteroatoms. The molecule has 0 aromatic rings. The van der Waals surface area contributed by atoms with Gasteiger partial charge in [-0.15, -0.1) is 0 Å². The summed E-state index contributed by atoms with van der Waals surface area (Å²) in [7, 11) is 0. The molecule has 1 rings (SSSR count). The van der Waals surface area contributed by atoms with Crippen molar-refractivity contribution in [2.45, 2.75) is 59.0 Å². The quantitative estimate of drug-likeness (QED) is 0.697. The van der Waals surface area contributed by atoms with Crippen LogP contribution in [0.25, 0.3) is 0 Å². The minimum Gasteiger partial charge on any atom is -0.313 e. The van der Waals surface area contributed by atoms with Crippen LogP contribution < -0.4 is 5.32 Å². The number of nitrogens with one attached hydrogen (secondary N) is 1. The molecule has 0 saturated heterocycles. The van der Waals surface area contributed by atoms with Crippen molar-refractivity contribution >= 4 is 0 Å². The molecular weight excluding hydrogens is 184 g/mol. The van der Waals surface area contributed by atoms with Crippen molar-refractivity contribution in [2.75, 3.05) is 19.6 Å². The zero-order chi connectivity index (χ0) is 11.3. The normalized spacial score (nSPS) is 19.6. The van der Waals surface area contributed by atoms with Gasteiger partial charge in [0.1, 0.15) is 0 Å². The maximum Gasteiger partial charge on any atom is 0.0192 e. The molecule has 1 fully saturated rings. The van der Waals surface area contributed by atoms with Crippen LogP contribution in [0.5, 0.6) is 0 Å². The van der Waals surface area contributed by atoms with Crippen LogP contribution in [0.3, 0.4) is 0 Å². The van der Waals surface area contributed by atoms with Crippen molar-refractivity contribution in [1.82, 2.24) is 10.2 Å². The van der Waals surface area contributed by atoms with E-state index in [9.17, 15) is 0 Å². The van der Waals surface area contributed by atoms with Gasteiger partial charge in [0.05, 0.1) is 0 Å². The molecule has 90 valence electrons. The third kappa shape index (κ3) is 4.52. The summed E-state index contributed by atoms with van der Waals surface area (Å²) >= 11 is 0. The minimum absolute atomic E-state index is 0.606. The second kappa shape index (κ2) is 6.49. The van der Waals surface area contributed by atoms with E-state index in [2.05, 4.69) is 37.9 Å². The van der Waals surface area contributed by atoms with Crippen LogP contribution in [0.4, 0.5) is 0 Å². The summed E-state index contributed by atoms with van der Waals surface area (Å²) in [6, 6.07) is 1.29. The van der Waals surface area contributed by atoms with Crippen LogP contribution in [0.1, 0.15) is 47.0 Å². The molecule has 0 heterocycles. The molecule has 0 aromatic carbocycles. The van der Waals surface area contributed by atoms with E-state index in [1.165, 1.54) is 32.4 Å². The Labute approximate surface area is 95.4 Å². The molecule has 2 nitrogen and oxygen atoms in total. The predicted molar refractivity (Wildman–Crippen MR) is 67.2 cm³/mol. The highest BCUT2D eigenvalue weighted by molar-refractivity contribution is 4.77. The molecule has 0 spiro atoms. The van der Waals surface area contributed by atoms with Crippen LogP contribution in [0.2, 0.25) is 0 Å². The van der Waals surface area contributed by atoms with Crippen LogP contribution in [-0.4, -0.2) is 36.6 Å². The number of hydrogen-bond acceptors (Lipinski definition) is 2. The third-order valence-corrected chi connectivity index (χ3v) is 3.57. The molecule has 0 aliphatic heterocycles. The molecule has 1 atom stereocenters. The zero-order valence-corrected chi connectivity index (χ0v) is 10.9. The average molecular weight is 212 g/mol. The molecule has 1 unspecified atom stereocenters. The van der Waals surface area contributed by atoms with E-state index in [1.807, 2.05) is 0 Å².